The van der Waals surface area contributed by atoms with Crippen molar-refractivity contribution in [2.75, 3.05) is 19.6 Å². The van der Waals surface area contributed by atoms with Crippen LogP contribution in [0.15, 0.2) is 24.3 Å². The zero-order valence-corrected chi connectivity index (χ0v) is 11.6. The van der Waals surface area contributed by atoms with Crippen LogP contribution in [0.25, 0.3) is 0 Å². The molecule has 2 N–H and O–H groups in total. The molecule has 0 radical (unpaired) electrons. The number of hydrogen-bond acceptors (Lipinski definition) is 2. The highest BCUT2D eigenvalue weighted by Gasteiger charge is 2.17. The summed E-state index contributed by atoms with van der Waals surface area (Å²) in [4.78, 5) is 11.6. The van der Waals surface area contributed by atoms with Crippen molar-refractivity contribution >= 4 is 18.3 Å². The van der Waals surface area contributed by atoms with E-state index in [9.17, 15) is 9.18 Å². The quantitative estimate of drug-likeness (QED) is 0.868. The van der Waals surface area contributed by atoms with Crippen LogP contribution >= 0.6 is 12.4 Å². The number of benzene rings is 1. The van der Waals surface area contributed by atoms with Crippen LogP contribution in [-0.2, 0) is 11.2 Å². The van der Waals surface area contributed by atoms with Gasteiger partial charge in [-0.1, -0.05) is 12.1 Å². The van der Waals surface area contributed by atoms with Gasteiger partial charge in [-0.2, -0.15) is 0 Å². The first-order valence-corrected chi connectivity index (χ1v) is 6.46. The molecule has 1 aliphatic rings. The maximum Gasteiger partial charge on any atom is 0.220 e. The summed E-state index contributed by atoms with van der Waals surface area (Å²) < 4.78 is 12.7. The van der Waals surface area contributed by atoms with Crippen molar-refractivity contribution in [3.8, 4) is 0 Å². The maximum absolute atomic E-state index is 12.7. The minimum absolute atomic E-state index is 0. The van der Waals surface area contributed by atoms with E-state index in [-0.39, 0.29) is 24.1 Å². The second-order valence-corrected chi connectivity index (χ2v) is 4.79. The molecule has 19 heavy (non-hydrogen) atoms. The van der Waals surface area contributed by atoms with Gasteiger partial charge in [0.15, 0.2) is 0 Å². The Hall–Kier alpha value is -1.13. The van der Waals surface area contributed by atoms with E-state index in [1.54, 1.807) is 12.1 Å². The summed E-state index contributed by atoms with van der Waals surface area (Å²) in [5.74, 6) is 0.373. The Morgan fingerprint density at radius 3 is 2.74 bits per heavy atom. The third kappa shape index (κ3) is 5.57. The fourth-order valence-electron chi connectivity index (χ4n) is 2.22. The van der Waals surface area contributed by atoms with Gasteiger partial charge < -0.3 is 10.6 Å². The Balaban J connectivity index is 0.00000180. The summed E-state index contributed by atoms with van der Waals surface area (Å²) in [5.41, 5.74) is 1.04. The average Bonchev–Trinajstić information content (AvgIpc) is 2.84. The molecule has 1 amide bonds. The summed E-state index contributed by atoms with van der Waals surface area (Å²) in [6, 6.07) is 6.40. The lowest BCUT2D eigenvalue weighted by Crippen LogP contribution is -2.28. The first kappa shape index (κ1) is 15.9. The van der Waals surface area contributed by atoms with Gasteiger partial charge in [-0.3, -0.25) is 4.79 Å². The molecule has 1 saturated heterocycles. The number of rotatable bonds is 5. The van der Waals surface area contributed by atoms with Crippen molar-refractivity contribution in [1.29, 1.82) is 0 Å². The van der Waals surface area contributed by atoms with Gasteiger partial charge in [-0.05, 0) is 49.5 Å². The Bertz CT molecular complexity index is 391. The van der Waals surface area contributed by atoms with E-state index >= 15 is 0 Å². The Kier molecular flexibility index (Phi) is 6.81. The normalized spacial score (nSPS) is 17.8. The van der Waals surface area contributed by atoms with Crippen molar-refractivity contribution in [1.82, 2.24) is 10.6 Å². The molecule has 1 aromatic rings. The standard InChI is InChI=1S/C14H19FN2O.ClH/c15-13-3-1-11(2-4-13)6-8-17-14(18)9-12-5-7-16-10-12;/h1-4,12,16H,5-10H2,(H,17,18);1H. The van der Waals surface area contributed by atoms with Crippen LogP contribution in [0, 0.1) is 11.7 Å². The minimum Gasteiger partial charge on any atom is -0.356 e. The van der Waals surface area contributed by atoms with Gasteiger partial charge in [-0.25, -0.2) is 4.39 Å². The number of carbonyl (C=O) groups excluding carboxylic acids is 1. The summed E-state index contributed by atoms with van der Waals surface area (Å²) in [5, 5.41) is 6.16. The van der Waals surface area contributed by atoms with E-state index in [1.165, 1.54) is 12.1 Å². The zero-order chi connectivity index (χ0) is 12.8. The summed E-state index contributed by atoms with van der Waals surface area (Å²) in [6.45, 7) is 2.59. The fraction of sp³-hybridized carbons (Fsp3) is 0.500. The van der Waals surface area contributed by atoms with Crippen LogP contribution in [0.1, 0.15) is 18.4 Å². The van der Waals surface area contributed by atoms with Gasteiger partial charge in [0.2, 0.25) is 5.91 Å². The minimum atomic E-state index is -0.225. The molecule has 0 spiro atoms. The van der Waals surface area contributed by atoms with Crippen LogP contribution in [-0.4, -0.2) is 25.5 Å². The molecule has 1 aliphatic heterocycles. The van der Waals surface area contributed by atoms with E-state index < -0.39 is 0 Å². The van der Waals surface area contributed by atoms with Crippen molar-refractivity contribution in [2.45, 2.75) is 19.3 Å². The van der Waals surface area contributed by atoms with E-state index in [2.05, 4.69) is 10.6 Å². The van der Waals surface area contributed by atoms with Gasteiger partial charge in [-0.15, -0.1) is 12.4 Å². The van der Waals surface area contributed by atoms with E-state index in [1.807, 2.05) is 0 Å². The molecule has 0 saturated carbocycles. The zero-order valence-electron chi connectivity index (χ0n) is 10.8. The van der Waals surface area contributed by atoms with Gasteiger partial charge in [0.1, 0.15) is 5.82 Å². The number of hydrogen-bond donors (Lipinski definition) is 2. The molecular formula is C14H20ClFN2O. The summed E-state index contributed by atoms with van der Waals surface area (Å²) in [6.07, 6.45) is 2.44. The molecule has 0 aliphatic carbocycles. The van der Waals surface area contributed by atoms with Crippen molar-refractivity contribution in [2.24, 2.45) is 5.92 Å². The largest absolute Gasteiger partial charge is 0.356 e. The highest BCUT2D eigenvalue weighted by molar-refractivity contribution is 5.85. The van der Waals surface area contributed by atoms with Crippen molar-refractivity contribution in [3.63, 3.8) is 0 Å². The Morgan fingerprint density at radius 1 is 1.37 bits per heavy atom. The SMILES string of the molecule is Cl.O=C(CC1CCNC1)NCCc1ccc(F)cc1. The number of nitrogens with one attached hydrogen (secondary N) is 2. The molecule has 2 rings (SSSR count). The fourth-order valence-corrected chi connectivity index (χ4v) is 2.22. The average molecular weight is 287 g/mol. The predicted octanol–water partition coefficient (Wildman–Crippen LogP) is 1.91. The van der Waals surface area contributed by atoms with Crippen LogP contribution < -0.4 is 10.6 Å². The molecule has 3 nitrogen and oxygen atoms in total. The first-order chi connectivity index (χ1) is 8.74. The van der Waals surface area contributed by atoms with E-state index in [4.69, 9.17) is 0 Å². The second-order valence-electron chi connectivity index (χ2n) is 4.79. The third-order valence-electron chi connectivity index (χ3n) is 3.29. The molecule has 0 aromatic heterocycles. The lowest BCUT2D eigenvalue weighted by atomic mass is 10.0. The molecule has 5 heteroatoms. The van der Waals surface area contributed by atoms with Crippen LogP contribution in [0.5, 0.6) is 0 Å². The highest BCUT2D eigenvalue weighted by Crippen LogP contribution is 2.11. The third-order valence-corrected chi connectivity index (χ3v) is 3.29. The Morgan fingerprint density at radius 2 is 2.11 bits per heavy atom. The van der Waals surface area contributed by atoms with E-state index in [0.717, 1.165) is 31.5 Å². The van der Waals surface area contributed by atoms with Crippen LogP contribution in [0.3, 0.4) is 0 Å². The predicted molar refractivity (Wildman–Crippen MR) is 76.0 cm³/mol. The molecule has 1 heterocycles. The molecule has 1 unspecified atom stereocenters. The van der Waals surface area contributed by atoms with E-state index in [0.29, 0.717) is 18.9 Å². The van der Waals surface area contributed by atoms with Gasteiger partial charge in [0, 0.05) is 13.0 Å². The topological polar surface area (TPSA) is 41.1 Å². The van der Waals surface area contributed by atoms with Gasteiger partial charge in [0.05, 0.1) is 0 Å². The Labute approximate surface area is 119 Å². The summed E-state index contributed by atoms with van der Waals surface area (Å²) in [7, 11) is 0. The molecule has 0 bridgehead atoms. The monoisotopic (exact) mass is 286 g/mol. The van der Waals surface area contributed by atoms with Gasteiger partial charge >= 0.3 is 0 Å². The summed E-state index contributed by atoms with van der Waals surface area (Å²) >= 11 is 0. The molecule has 1 atom stereocenters. The van der Waals surface area contributed by atoms with Crippen LogP contribution in [0.4, 0.5) is 4.39 Å². The van der Waals surface area contributed by atoms with Gasteiger partial charge in [0.25, 0.3) is 0 Å². The number of halogens is 2. The molecule has 1 fully saturated rings. The lowest BCUT2D eigenvalue weighted by Gasteiger charge is -2.09. The number of amides is 1. The van der Waals surface area contributed by atoms with Crippen molar-refractivity contribution in [3.05, 3.63) is 35.6 Å². The van der Waals surface area contributed by atoms with Crippen LogP contribution in [0.2, 0.25) is 0 Å². The maximum atomic E-state index is 12.7. The lowest BCUT2D eigenvalue weighted by molar-refractivity contribution is -0.121. The highest BCUT2D eigenvalue weighted by atomic mass is 35.5. The smallest absolute Gasteiger partial charge is 0.220 e. The number of carbonyl (C=O) groups is 1. The first-order valence-electron chi connectivity index (χ1n) is 6.46. The van der Waals surface area contributed by atoms with Crippen molar-refractivity contribution < 1.29 is 9.18 Å². The molecule has 106 valence electrons. The molecular weight excluding hydrogens is 267 g/mol. The second kappa shape index (κ2) is 8.12. The molecule has 1 aromatic carbocycles.